The molecule has 0 aliphatic heterocycles. The number of hydrogen-bond acceptors (Lipinski definition) is 6. The maximum atomic E-state index is 12.2. The van der Waals surface area contributed by atoms with Crippen molar-refractivity contribution in [3.8, 4) is 11.4 Å². The van der Waals surface area contributed by atoms with Gasteiger partial charge >= 0.3 is 0 Å². The summed E-state index contributed by atoms with van der Waals surface area (Å²) in [5.74, 6) is 0.885. The van der Waals surface area contributed by atoms with Crippen LogP contribution >= 0.6 is 34.4 Å². The minimum absolute atomic E-state index is 0.0899. The Balaban J connectivity index is 1.69. The number of pyridine rings is 1. The summed E-state index contributed by atoms with van der Waals surface area (Å²) in [5.41, 5.74) is 1.70. The predicted molar refractivity (Wildman–Crippen MR) is 114 cm³/mol. The molecule has 27 heavy (non-hydrogen) atoms. The standard InChI is InChI=1S/C18H18IN5O2S/c1-26-11-10-24-17(13-6-8-20-9-7-13)22-23-18(24)27-12-16(25)21-15-4-2-14(19)3-5-15/h2-9H,10-12H2,1H3,(H,21,25). The third kappa shape index (κ3) is 5.50. The first-order valence-corrected chi connectivity index (χ1v) is 10.2. The number of amides is 1. The van der Waals surface area contributed by atoms with Crippen LogP contribution in [0, 0.1) is 3.57 Å². The van der Waals surface area contributed by atoms with Gasteiger partial charge in [-0.2, -0.15) is 0 Å². The average molecular weight is 495 g/mol. The molecule has 0 unspecified atom stereocenters. The topological polar surface area (TPSA) is 81.9 Å². The Labute approximate surface area is 175 Å². The molecule has 0 spiro atoms. The van der Waals surface area contributed by atoms with Crippen LogP contribution in [0.2, 0.25) is 0 Å². The molecule has 2 aromatic heterocycles. The zero-order valence-corrected chi connectivity index (χ0v) is 17.6. The summed E-state index contributed by atoms with van der Waals surface area (Å²) in [5, 5.41) is 12.1. The molecule has 0 aliphatic carbocycles. The van der Waals surface area contributed by atoms with E-state index < -0.39 is 0 Å². The highest BCUT2D eigenvalue weighted by Gasteiger charge is 2.15. The van der Waals surface area contributed by atoms with Crippen LogP contribution in [0.4, 0.5) is 5.69 Å². The van der Waals surface area contributed by atoms with Crippen LogP contribution in [0.3, 0.4) is 0 Å². The molecule has 1 amide bonds. The molecule has 7 nitrogen and oxygen atoms in total. The molecule has 3 rings (SSSR count). The monoisotopic (exact) mass is 495 g/mol. The van der Waals surface area contributed by atoms with Crippen LogP contribution in [-0.2, 0) is 16.1 Å². The minimum Gasteiger partial charge on any atom is -0.383 e. The first-order valence-electron chi connectivity index (χ1n) is 8.18. The highest BCUT2D eigenvalue weighted by Crippen LogP contribution is 2.24. The first kappa shape index (κ1) is 19.8. The van der Waals surface area contributed by atoms with Crippen LogP contribution in [0.1, 0.15) is 0 Å². The Morgan fingerprint density at radius 2 is 1.93 bits per heavy atom. The molecule has 3 aromatic rings. The second kappa shape index (κ2) is 9.81. The summed E-state index contributed by atoms with van der Waals surface area (Å²) in [6.07, 6.45) is 3.43. The summed E-state index contributed by atoms with van der Waals surface area (Å²) >= 11 is 3.58. The number of ether oxygens (including phenoxy) is 1. The van der Waals surface area contributed by atoms with E-state index in [4.69, 9.17) is 4.74 Å². The Kier molecular flexibility index (Phi) is 7.18. The van der Waals surface area contributed by atoms with Gasteiger partial charge in [0.15, 0.2) is 11.0 Å². The van der Waals surface area contributed by atoms with E-state index in [1.165, 1.54) is 11.8 Å². The first-order chi connectivity index (χ1) is 13.2. The smallest absolute Gasteiger partial charge is 0.234 e. The molecule has 0 fully saturated rings. The van der Waals surface area contributed by atoms with E-state index >= 15 is 0 Å². The molecular formula is C18H18IN5O2S. The Bertz CT molecular complexity index is 887. The quantitative estimate of drug-likeness (QED) is 0.382. The summed E-state index contributed by atoms with van der Waals surface area (Å²) < 4.78 is 8.28. The van der Waals surface area contributed by atoms with E-state index in [0.29, 0.717) is 18.3 Å². The van der Waals surface area contributed by atoms with Gasteiger partial charge in [-0.3, -0.25) is 14.3 Å². The van der Waals surface area contributed by atoms with Gasteiger partial charge in [-0.1, -0.05) is 11.8 Å². The number of nitrogens with one attached hydrogen (secondary N) is 1. The van der Waals surface area contributed by atoms with E-state index in [1.807, 2.05) is 41.0 Å². The van der Waals surface area contributed by atoms with Crippen LogP contribution in [-0.4, -0.2) is 45.1 Å². The second-order valence-electron chi connectivity index (χ2n) is 5.53. The van der Waals surface area contributed by atoms with Gasteiger partial charge in [0.2, 0.25) is 5.91 Å². The van der Waals surface area contributed by atoms with Gasteiger partial charge in [-0.15, -0.1) is 10.2 Å². The number of methoxy groups -OCH3 is 1. The van der Waals surface area contributed by atoms with E-state index in [0.717, 1.165) is 20.6 Å². The number of thioether (sulfide) groups is 1. The normalized spacial score (nSPS) is 10.7. The molecule has 140 valence electrons. The van der Waals surface area contributed by atoms with Crippen molar-refractivity contribution in [3.05, 3.63) is 52.4 Å². The van der Waals surface area contributed by atoms with Crippen LogP contribution in [0.25, 0.3) is 11.4 Å². The largest absolute Gasteiger partial charge is 0.383 e. The zero-order valence-electron chi connectivity index (χ0n) is 14.6. The van der Waals surface area contributed by atoms with Gasteiger partial charge in [0.1, 0.15) is 0 Å². The SMILES string of the molecule is COCCn1c(SCC(=O)Nc2ccc(I)cc2)nnc1-c1ccncc1. The number of benzene rings is 1. The van der Waals surface area contributed by atoms with E-state index in [9.17, 15) is 4.79 Å². The van der Waals surface area contributed by atoms with Crippen molar-refractivity contribution < 1.29 is 9.53 Å². The number of aromatic nitrogens is 4. The Morgan fingerprint density at radius 1 is 1.19 bits per heavy atom. The highest BCUT2D eigenvalue weighted by atomic mass is 127. The van der Waals surface area contributed by atoms with Crippen molar-refractivity contribution >= 4 is 45.9 Å². The molecule has 0 radical (unpaired) electrons. The van der Waals surface area contributed by atoms with Crippen LogP contribution in [0.15, 0.2) is 53.9 Å². The molecule has 2 heterocycles. The predicted octanol–water partition coefficient (Wildman–Crippen LogP) is 3.32. The second-order valence-corrected chi connectivity index (χ2v) is 7.72. The maximum Gasteiger partial charge on any atom is 0.234 e. The lowest BCUT2D eigenvalue weighted by Crippen LogP contribution is -2.15. The van der Waals surface area contributed by atoms with E-state index in [-0.39, 0.29) is 11.7 Å². The number of rotatable bonds is 8. The third-order valence-electron chi connectivity index (χ3n) is 3.63. The molecule has 0 saturated heterocycles. The number of hydrogen-bond donors (Lipinski definition) is 1. The van der Waals surface area contributed by atoms with E-state index in [1.54, 1.807) is 19.5 Å². The number of carbonyl (C=O) groups is 1. The fraction of sp³-hybridized carbons (Fsp3) is 0.222. The number of halogens is 1. The van der Waals surface area contributed by atoms with Crippen molar-refractivity contribution in [2.24, 2.45) is 0 Å². The highest BCUT2D eigenvalue weighted by molar-refractivity contribution is 14.1. The van der Waals surface area contributed by atoms with Gasteiger partial charge in [0, 0.05) is 34.3 Å². The summed E-state index contributed by atoms with van der Waals surface area (Å²) in [4.78, 5) is 16.3. The lowest BCUT2D eigenvalue weighted by molar-refractivity contribution is -0.113. The lowest BCUT2D eigenvalue weighted by atomic mass is 10.2. The molecule has 0 aliphatic rings. The number of carbonyl (C=O) groups excluding carboxylic acids is 1. The van der Waals surface area contributed by atoms with Crippen molar-refractivity contribution in [1.82, 2.24) is 19.7 Å². The zero-order chi connectivity index (χ0) is 19.1. The van der Waals surface area contributed by atoms with Crippen LogP contribution < -0.4 is 5.32 Å². The van der Waals surface area contributed by atoms with Gasteiger partial charge in [-0.25, -0.2) is 0 Å². The van der Waals surface area contributed by atoms with Gasteiger partial charge in [0.25, 0.3) is 0 Å². The molecule has 9 heteroatoms. The number of anilines is 1. The summed E-state index contributed by atoms with van der Waals surface area (Å²) in [6.45, 7) is 1.13. The third-order valence-corrected chi connectivity index (χ3v) is 5.32. The molecule has 1 N–H and O–H groups in total. The molecule has 1 aromatic carbocycles. The number of nitrogens with zero attached hydrogens (tertiary/aromatic N) is 4. The van der Waals surface area contributed by atoms with Gasteiger partial charge in [-0.05, 0) is 59.0 Å². The van der Waals surface area contributed by atoms with E-state index in [2.05, 4.69) is 43.1 Å². The lowest BCUT2D eigenvalue weighted by Gasteiger charge is -2.10. The minimum atomic E-state index is -0.0899. The molecular weight excluding hydrogens is 477 g/mol. The maximum absolute atomic E-state index is 12.2. The summed E-state index contributed by atoms with van der Waals surface area (Å²) in [7, 11) is 1.65. The van der Waals surface area contributed by atoms with Crippen molar-refractivity contribution in [1.29, 1.82) is 0 Å². The Morgan fingerprint density at radius 3 is 2.63 bits per heavy atom. The van der Waals surface area contributed by atoms with Crippen molar-refractivity contribution in [3.63, 3.8) is 0 Å². The van der Waals surface area contributed by atoms with Gasteiger partial charge < -0.3 is 10.1 Å². The molecule has 0 bridgehead atoms. The Hall–Kier alpha value is -1.98. The van der Waals surface area contributed by atoms with Gasteiger partial charge in [0.05, 0.1) is 18.9 Å². The van der Waals surface area contributed by atoms with Crippen molar-refractivity contribution in [2.75, 3.05) is 24.8 Å². The van der Waals surface area contributed by atoms with Crippen LogP contribution in [0.5, 0.6) is 0 Å². The molecule has 0 saturated carbocycles. The molecule has 0 atom stereocenters. The van der Waals surface area contributed by atoms with Crippen molar-refractivity contribution in [2.45, 2.75) is 11.7 Å². The summed E-state index contributed by atoms with van der Waals surface area (Å²) in [6, 6.07) is 11.4. The fourth-order valence-electron chi connectivity index (χ4n) is 2.35. The fourth-order valence-corrected chi connectivity index (χ4v) is 3.48. The average Bonchev–Trinajstić information content (AvgIpc) is 3.10.